The molecule has 2 aromatic heterocycles. The standard InChI is InChI=1S/C30H40ClN5O5/c1-6-39-30(38)36-14-8-10-21(36)9-7-11-26-18(2)28(27-19(3)35-41-20(27)4)34-29(33-26)24-15-23(12-13-25(24)31)40-17-22(37)16-32-5/h12-13,15,21-22,32,37H,6-11,14,16-17H2,1-5H3/t21-,22-/m1/s1. The summed E-state index contributed by atoms with van der Waals surface area (Å²) in [6, 6.07) is 5.48. The van der Waals surface area contributed by atoms with Gasteiger partial charge in [0.2, 0.25) is 0 Å². The van der Waals surface area contributed by atoms with E-state index in [1.54, 1.807) is 25.2 Å². The van der Waals surface area contributed by atoms with Gasteiger partial charge in [0.1, 0.15) is 24.2 Å². The van der Waals surface area contributed by atoms with Crippen LogP contribution in [0.3, 0.4) is 0 Å². The SMILES string of the molecule is CCOC(=O)N1CCC[C@H]1CCCc1nc(-c2cc(OC[C@H](O)CNC)ccc2Cl)nc(-c2c(C)noc2C)c1C. The fourth-order valence-electron chi connectivity index (χ4n) is 5.33. The van der Waals surface area contributed by atoms with Crippen LogP contribution in [-0.2, 0) is 11.2 Å². The molecule has 0 unspecified atom stereocenters. The van der Waals surface area contributed by atoms with Crippen LogP contribution in [0.15, 0.2) is 22.7 Å². The summed E-state index contributed by atoms with van der Waals surface area (Å²) >= 11 is 6.66. The van der Waals surface area contributed by atoms with Gasteiger partial charge < -0.3 is 29.3 Å². The van der Waals surface area contributed by atoms with Crippen molar-refractivity contribution in [2.24, 2.45) is 0 Å². The second-order valence-electron chi connectivity index (χ2n) is 10.4. The van der Waals surface area contributed by atoms with Gasteiger partial charge in [0, 0.05) is 30.4 Å². The molecule has 4 rings (SSSR count). The van der Waals surface area contributed by atoms with E-state index in [0.717, 1.165) is 60.4 Å². The van der Waals surface area contributed by atoms with Gasteiger partial charge in [-0.2, -0.15) is 0 Å². The van der Waals surface area contributed by atoms with E-state index < -0.39 is 6.10 Å². The number of carbonyl (C=O) groups is 1. The maximum Gasteiger partial charge on any atom is 0.409 e. The van der Waals surface area contributed by atoms with Gasteiger partial charge >= 0.3 is 6.09 Å². The number of rotatable bonds is 12. The van der Waals surface area contributed by atoms with Crippen LogP contribution in [0.2, 0.25) is 5.02 Å². The van der Waals surface area contributed by atoms with Crippen molar-refractivity contribution in [2.75, 3.05) is 33.4 Å². The molecule has 2 N–H and O–H groups in total. The fraction of sp³-hybridized carbons (Fsp3) is 0.533. The van der Waals surface area contributed by atoms with Crippen molar-refractivity contribution >= 4 is 17.7 Å². The maximum absolute atomic E-state index is 12.4. The lowest BCUT2D eigenvalue weighted by Gasteiger charge is -2.24. The lowest BCUT2D eigenvalue weighted by molar-refractivity contribution is 0.101. The molecule has 1 aliphatic heterocycles. The monoisotopic (exact) mass is 585 g/mol. The number of carbonyl (C=O) groups excluding carboxylic acids is 1. The third-order valence-electron chi connectivity index (χ3n) is 7.41. The molecule has 0 bridgehead atoms. The Kier molecular flexibility index (Phi) is 10.6. The number of hydrogen-bond acceptors (Lipinski definition) is 9. The molecule has 0 radical (unpaired) electrons. The van der Waals surface area contributed by atoms with Crippen molar-refractivity contribution in [2.45, 2.75) is 71.9 Å². The van der Waals surface area contributed by atoms with E-state index in [2.05, 4.69) is 10.5 Å². The number of aliphatic hydroxyl groups is 1. The molecule has 1 fully saturated rings. The molecule has 222 valence electrons. The second-order valence-corrected chi connectivity index (χ2v) is 10.8. The number of hydrogen-bond donors (Lipinski definition) is 2. The van der Waals surface area contributed by atoms with E-state index >= 15 is 0 Å². The Labute approximate surface area is 246 Å². The van der Waals surface area contributed by atoms with Crippen molar-refractivity contribution in [1.29, 1.82) is 0 Å². The third-order valence-corrected chi connectivity index (χ3v) is 7.74. The van der Waals surface area contributed by atoms with Gasteiger partial charge in [0.15, 0.2) is 5.82 Å². The summed E-state index contributed by atoms with van der Waals surface area (Å²) in [5.41, 5.74) is 4.83. The number of likely N-dealkylation sites (tertiary alicyclic amines) is 1. The lowest BCUT2D eigenvalue weighted by Crippen LogP contribution is -2.36. The molecule has 1 aromatic carbocycles. The van der Waals surface area contributed by atoms with E-state index in [1.807, 2.05) is 32.6 Å². The van der Waals surface area contributed by atoms with Crippen LogP contribution in [0.4, 0.5) is 4.79 Å². The highest BCUT2D eigenvalue weighted by Gasteiger charge is 2.29. The molecule has 1 aliphatic rings. The number of nitrogens with one attached hydrogen (secondary N) is 1. The number of nitrogens with zero attached hydrogens (tertiary/aromatic N) is 4. The zero-order valence-electron chi connectivity index (χ0n) is 24.5. The summed E-state index contributed by atoms with van der Waals surface area (Å²) in [5.74, 6) is 1.71. The second kappa shape index (κ2) is 14.1. The van der Waals surface area contributed by atoms with Crippen molar-refractivity contribution in [1.82, 2.24) is 25.3 Å². The van der Waals surface area contributed by atoms with E-state index in [-0.39, 0.29) is 18.7 Å². The van der Waals surface area contributed by atoms with E-state index in [9.17, 15) is 9.90 Å². The third kappa shape index (κ3) is 7.36. The summed E-state index contributed by atoms with van der Waals surface area (Å²) in [5, 5.41) is 17.6. The van der Waals surface area contributed by atoms with Crippen molar-refractivity contribution in [3.8, 4) is 28.4 Å². The molecule has 11 heteroatoms. The van der Waals surface area contributed by atoms with E-state index in [0.29, 0.717) is 47.5 Å². The number of amides is 1. The molecular weight excluding hydrogens is 546 g/mol. The highest BCUT2D eigenvalue weighted by Crippen LogP contribution is 2.35. The van der Waals surface area contributed by atoms with Crippen LogP contribution >= 0.6 is 11.6 Å². The van der Waals surface area contributed by atoms with Crippen molar-refractivity contribution in [3.05, 3.63) is 45.9 Å². The number of ether oxygens (including phenoxy) is 2. The Morgan fingerprint density at radius 3 is 2.80 bits per heavy atom. The number of halogens is 1. The van der Waals surface area contributed by atoms with Gasteiger partial charge in [-0.05, 0) is 90.6 Å². The van der Waals surface area contributed by atoms with Gasteiger partial charge in [0.05, 0.1) is 28.6 Å². The number of aromatic nitrogens is 3. The summed E-state index contributed by atoms with van der Waals surface area (Å²) < 4.78 is 16.6. The van der Waals surface area contributed by atoms with Gasteiger partial charge in [-0.3, -0.25) is 0 Å². The number of aryl methyl sites for hydroxylation is 3. The minimum Gasteiger partial charge on any atom is -0.491 e. The lowest BCUT2D eigenvalue weighted by atomic mass is 9.99. The fourth-order valence-corrected chi connectivity index (χ4v) is 5.53. The average molecular weight is 586 g/mol. The van der Waals surface area contributed by atoms with Crippen LogP contribution in [-0.4, -0.2) is 76.7 Å². The normalized spacial score (nSPS) is 15.8. The smallest absolute Gasteiger partial charge is 0.409 e. The van der Waals surface area contributed by atoms with Gasteiger partial charge in [-0.1, -0.05) is 16.8 Å². The quantitative estimate of drug-likeness (QED) is 0.292. The minimum atomic E-state index is -0.646. The largest absolute Gasteiger partial charge is 0.491 e. The minimum absolute atomic E-state index is 0.135. The number of likely N-dealkylation sites (N-methyl/N-ethyl adjacent to an activating group) is 1. The van der Waals surface area contributed by atoms with Crippen molar-refractivity contribution < 1.29 is 23.9 Å². The zero-order valence-corrected chi connectivity index (χ0v) is 25.3. The molecular formula is C30H40ClN5O5. The first kappa shape index (κ1) is 30.7. The molecule has 0 saturated carbocycles. The molecule has 3 heterocycles. The van der Waals surface area contributed by atoms with Gasteiger partial charge in [0.25, 0.3) is 0 Å². The first-order valence-electron chi connectivity index (χ1n) is 14.2. The summed E-state index contributed by atoms with van der Waals surface area (Å²) in [4.78, 5) is 24.2. The molecule has 3 aromatic rings. The Bertz CT molecular complexity index is 1330. The Balaban J connectivity index is 1.64. The molecule has 1 amide bonds. The van der Waals surface area contributed by atoms with Crippen LogP contribution < -0.4 is 10.1 Å². The predicted molar refractivity (Wildman–Crippen MR) is 157 cm³/mol. The average Bonchev–Trinajstić information content (AvgIpc) is 3.55. The van der Waals surface area contributed by atoms with E-state index in [4.69, 9.17) is 35.6 Å². The predicted octanol–water partition coefficient (Wildman–Crippen LogP) is 5.28. The summed E-state index contributed by atoms with van der Waals surface area (Å²) in [6.45, 7) is 9.29. The molecule has 41 heavy (non-hydrogen) atoms. The summed E-state index contributed by atoms with van der Waals surface area (Å²) in [6.07, 6.45) is 3.49. The van der Waals surface area contributed by atoms with Crippen LogP contribution in [0.5, 0.6) is 5.75 Å². The highest BCUT2D eigenvalue weighted by atomic mass is 35.5. The Hall–Kier alpha value is -3.21. The summed E-state index contributed by atoms with van der Waals surface area (Å²) in [7, 11) is 1.77. The first-order valence-corrected chi connectivity index (χ1v) is 14.6. The highest BCUT2D eigenvalue weighted by molar-refractivity contribution is 6.33. The topological polar surface area (TPSA) is 123 Å². The zero-order chi connectivity index (χ0) is 29.5. The molecule has 0 aliphatic carbocycles. The van der Waals surface area contributed by atoms with Crippen LogP contribution in [0.25, 0.3) is 22.6 Å². The number of benzene rings is 1. The van der Waals surface area contributed by atoms with Gasteiger partial charge in [-0.15, -0.1) is 0 Å². The molecule has 0 spiro atoms. The molecule has 1 saturated heterocycles. The first-order chi connectivity index (χ1) is 19.7. The Morgan fingerprint density at radius 2 is 2.10 bits per heavy atom. The van der Waals surface area contributed by atoms with Crippen molar-refractivity contribution in [3.63, 3.8) is 0 Å². The van der Waals surface area contributed by atoms with Crippen LogP contribution in [0.1, 0.15) is 55.3 Å². The molecule has 10 nitrogen and oxygen atoms in total. The van der Waals surface area contributed by atoms with Crippen LogP contribution in [0, 0.1) is 20.8 Å². The Morgan fingerprint density at radius 1 is 1.29 bits per heavy atom. The molecule has 2 atom stereocenters. The van der Waals surface area contributed by atoms with Gasteiger partial charge in [-0.25, -0.2) is 14.8 Å². The maximum atomic E-state index is 12.4. The van der Waals surface area contributed by atoms with E-state index in [1.165, 1.54) is 0 Å². The number of aliphatic hydroxyl groups excluding tert-OH is 1.